The van der Waals surface area contributed by atoms with E-state index in [-0.39, 0.29) is 27.0 Å². The Bertz CT molecular complexity index is 1910. The molecule has 0 aliphatic carbocycles. The smallest absolute Gasteiger partial charge is 0.336 e. The van der Waals surface area contributed by atoms with Crippen molar-refractivity contribution in [3.8, 4) is 22.6 Å². The number of fused-ring (bicyclic) bond motifs is 1. The molecule has 0 aromatic heterocycles. The second-order valence-electron chi connectivity index (χ2n) is 8.86. The summed E-state index contributed by atoms with van der Waals surface area (Å²) in [4.78, 5) is 12.0. The Hall–Kier alpha value is -4.86. The topological polar surface area (TPSA) is 143 Å². The highest BCUT2D eigenvalue weighted by Gasteiger charge is 2.19. The largest absolute Gasteiger partial charge is 0.478 e. The minimum Gasteiger partial charge on any atom is -0.478 e. The number of halogens is 1. The van der Waals surface area contributed by atoms with Gasteiger partial charge in [-0.25, -0.2) is 13.2 Å². The molecule has 5 aromatic carbocycles. The lowest BCUT2D eigenvalue weighted by Gasteiger charge is -2.16. The molecular weight excluding hydrogens is 550 g/mol. The third-order valence-corrected chi connectivity index (χ3v) is 7.75. The van der Waals surface area contributed by atoms with Crippen LogP contribution in [0.1, 0.15) is 15.9 Å². The van der Waals surface area contributed by atoms with E-state index in [4.69, 9.17) is 27.5 Å². The first kappa shape index (κ1) is 26.7. The number of ether oxygens (including phenoxy) is 1. The maximum Gasteiger partial charge on any atom is 0.336 e. The van der Waals surface area contributed by atoms with Crippen LogP contribution >= 0.6 is 11.6 Å². The van der Waals surface area contributed by atoms with Gasteiger partial charge in [0.05, 0.1) is 10.5 Å². The molecule has 8 nitrogen and oxygen atoms in total. The first-order valence-electron chi connectivity index (χ1n) is 11.9. The van der Waals surface area contributed by atoms with Crippen LogP contribution in [0.2, 0.25) is 5.02 Å². The zero-order chi connectivity index (χ0) is 28.4. The number of nitrogens with one attached hydrogen (secondary N) is 2. The highest BCUT2D eigenvalue weighted by molar-refractivity contribution is 7.92. The molecule has 0 radical (unpaired) electrons. The number of nitrogens with two attached hydrogens (primary N) is 1. The van der Waals surface area contributed by atoms with Crippen molar-refractivity contribution in [3.05, 3.63) is 119 Å². The minimum absolute atomic E-state index is 0.0168. The van der Waals surface area contributed by atoms with E-state index in [0.717, 1.165) is 10.8 Å². The maximum absolute atomic E-state index is 13.0. The van der Waals surface area contributed by atoms with Gasteiger partial charge in [0.2, 0.25) is 0 Å². The molecule has 0 saturated carbocycles. The molecule has 200 valence electrons. The molecule has 0 atom stereocenters. The van der Waals surface area contributed by atoms with Gasteiger partial charge in [-0.3, -0.25) is 10.1 Å². The zero-order valence-corrected chi connectivity index (χ0v) is 22.3. The van der Waals surface area contributed by atoms with Crippen LogP contribution in [-0.4, -0.2) is 25.3 Å². The number of carboxylic acid groups (broad SMARTS) is 1. The van der Waals surface area contributed by atoms with Crippen molar-refractivity contribution >= 4 is 49.9 Å². The number of anilines is 1. The number of hydrogen-bond donors (Lipinski definition) is 4. The van der Waals surface area contributed by atoms with Crippen LogP contribution in [0, 0.1) is 5.41 Å². The fourth-order valence-corrected chi connectivity index (χ4v) is 5.58. The van der Waals surface area contributed by atoms with Gasteiger partial charge in [-0.15, -0.1) is 0 Å². The first-order chi connectivity index (χ1) is 19.1. The first-order valence-corrected chi connectivity index (χ1v) is 13.8. The minimum atomic E-state index is -3.98. The third kappa shape index (κ3) is 5.61. The summed E-state index contributed by atoms with van der Waals surface area (Å²) in [7, 11) is -3.98. The lowest BCUT2D eigenvalue weighted by atomic mass is 9.98. The number of carbonyl (C=O) groups is 1. The van der Waals surface area contributed by atoms with Crippen molar-refractivity contribution in [1.29, 1.82) is 5.41 Å². The van der Waals surface area contributed by atoms with E-state index in [9.17, 15) is 18.3 Å². The molecule has 0 heterocycles. The zero-order valence-electron chi connectivity index (χ0n) is 20.8. The Kier molecular flexibility index (Phi) is 7.17. The molecule has 0 bridgehead atoms. The van der Waals surface area contributed by atoms with E-state index in [2.05, 4.69) is 4.72 Å². The van der Waals surface area contributed by atoms with Crippen LogP contribution in [0.5, 0.6) is 11.5 Å². The molecule has 0 unspecified atom stereocenters. The molecule has 0 fully saturated rings. The van der Waals surface area contributed by atoms with Crippen molar-refractivity contribution in [2.45, 2.75) is 4.90 Å². The van der Waals surface area contributed by atoms with Crippen LogP contribution in [0.3, 0.4) is 0 Å². The molecule has 0 aliphatic rings. The number of carboxylic acids is 1. The molecule has 0 amide bonds. The van der Waals surface area contributed by atoms with Gasteiger partial charge in [-0.1, -0.05) is 54.1 Å². The van der Waals surface area contributed by atoms with E-state index < -0.39 is 16.0 Å². The van der Waals surface area contributed by atoms with Crippen LogP contribution in [0.25, 0.3) is 21.9 Å². The lowest BCUT2D eigenvalue weighted by molar-refractivity contribution is 0.0697. The molecule has 5 N–H and O–H groups in total. The van der Waals surface area contributed by atoms with Crippen molar-refractivity contribution in [1.82, 2.24) is 0 Å². The number of amidine groups is 1. The van der Waals surface area contributed by atoms with Gasteiger partial charge in [0.25, 0.3) is 10.0 Å². The standard InChI is InChI=1S/C30H22ClN3O5S/c31-21-4-3-5-24(16-21)40(37,38)34-22-11-13-28(27(17-22)25-6-1-2-7-26(25)30(35)36)39-23-12-10-18-14-20(29(32)33)9-8-19(18)15-23/h1-17,34H,(H3,32,33)(H,35,36). The van der Waals surface area contributed by atoms with Gasteiger partial charge in [0, 0.05) is 21.8 Å². The van der Waals surface area contributed by atoms with E-state index in [1.807, 2.05) is 18.2 Å². The fourth-order valence-electron chi connectivity index (χ4n) is 4.23. The maximum atomic E-state index is 13.0. The Balaban J connectivity index is 1.57. The van der Waals surface area contributed by atoms with Crippen LogP contribution in [0.4, 0.5) is 5.69 Å². The molecule has 0 saturated heterocycles. The van der Waals surface area contributed by atoms with Gasteiger partial charge in [-0.05, 0) is 77.0 Å². The van der Waals surface area contributed by atoms with Gasteiger partial charge < -0.3 is 15.6 Å². The normalized spacial score (nSPS) is 11.2. The Morgan fingerprint density at radius 3 is 2.35 bits per heavy atom. The summed E-state index contributed by atoms with van der Waals surface area (Å²) >= 11 is 5.98. The fraction of sp³-hybridized carbons (Fsp3) is 0. The van der Waals surface area contributed by atoms with E-state index in [1.54, 1.807) is 48.5 Å². The molecule has 5 rings (SSSR count). The van der Waals surface area contributed by atoms with Gasteiger partial charge >= 0.3 is 5.97 Å². The predicted octanol–water partition coefficient (Wildman–Crippen LogP) is 6.74. The van der Waals surface area contributed by atoms with Crippen molar-refractivity contribution in [2.75, 3.05) is 4.72 Å². The number of rotatable bonds is 8. The van der Waals surface area contributed by atoms with E-state index in [0.29, 0.717) is 28.2 Å². The average molecular weight is 572 g/mol. The summed E-state index contributed by atoms with van der Waals surface area (Å²) in [5.41, 5.74) is 7.15. The van der Waals surface area contributed by atoms with Crippen LogP contribution < -0.4 is 15.2 Å². The van der Waals surface area contributed by atoms with Crippen LogP contribution in [0.15, 0.2) is 108 Å². The average Bonchev–Trinajstić information content (AvgIpc) is 2.93. The summed E-state index contributed by atoms with van der Waals surface area (Å²) in [6.45, 7) is 0. The Morgan fingerprint density at radius 1 is 0.850 bits per heavy atom. The number of sulfonamides is 1. The molecule has 10 heteroatoms. The summed E-state index contributed by atoms with van der Waals surface area (Å²) in [5.74, 6) is -0.378. The number of nitrogen functional groups attached to an aromatic ring is 1. The highest BCUT2D eigenvalue weighted by atomic mass is 35.5. The van der Waals surface area contributed by atoms with Gasteiger partial charge in [-0.2, -0.15) is 0 Å². The molecular formula is C30H22ClN3O5S. The summed E-state index contributed by atoms with van der Waals surface area (Å²) < 4.78 is 34.8. The second kappa shape index (κ2) is 10.7. The Morgan fingerprint density at radius 2 is 1.60 bits per heavy atom. The molecule has 0 aliphatic heterocycles. The number of hydrogen-bond acceptors (Lipinski definition) is 5. The van der Waals surface area contributed by atoms with Crippen molar-refractivity contribution < 1.29 is 23.1 Å². The molecule has 0 spiro atoms. The van der Waals surface area contributed by atoms with Crippen molar-refractivity contribution in [2.24, 2.45) is 5.73 Å². The van der Waals surface area contributed by atoms with Crippen LogP contribution in [-0.2, 0) is 10.0 Å². The monoisotopic (exact) mass is 571 g/mol. The van der Waals surface area contributed by atoms with E-state index in [1.165, 1.54) is 36.4 Å². The SMILES string of the molecule is N=C(N)c1ccc2cc(Oc3ccc(NS(=O)(=O)c4cccc(Cl)c4)cc3-c3ccccc3C(=O)O)ccc2c1. The lowest BCUT2D eigenvalue weighted by Crippen LogP contribution is -2.13. The number of aromatic carboxylic acids is 1. The van der Waals surface area contributed by atoms with Crippen molar-refractivity contribution in [3.63, 3.8) is 0 Å². The van der Waals surface area contributed by atoms with E-state index >= 15 is 0 Å². The predicted molar refractivity (Wildman–Crippen MR) is 156 cm³/mol. The molecule has 5 aromatic rings. The second-order valence-corrected chi connectivity index (χ2v) is 11.0. The molecule has 40 heavy (non-hydrogen) atoms. The Labute approximate surface area is 235 Å². The third-order valence-electron chi connectivity index (χ3n) is 6.14. The summed E-state index contributed by atoms with van der Waals surface area (Å²) in [5, 5.41) is 19.5. The summed E-state index contributed by atoms with van der Waals surface area (Å²) in [6.07, 6.45) is 0. The highest BCUT2D eigenvalue weighted by Crippen LogP contribution is 2.38. The van der Waals surface area contributed by atoms with Gasteiger partial charge in [0.15, 0.2) is 0 Å². The summed E-state index contributed by atoms with van der Waals surface area (Å²) in [6, 6.07) is 27.6. The van der Waals surface area contributed by atoms with Gasteiger partial charge in [0.1, 0.15) is 17.3 Å². The number of benzene rings is 5. The quantitative estimate of drug-likeness (QED) is 0.120.